The van der Waals surface area contributed by atoms with Crippen LogP contribution in [-0.4, -0.2) is 56.6 Å². The van der Waals surface area contributed by atoms with E-state index >= 15 is 0 Å². The quantitative estimate of drug-likeness (QED) is 0.275. The number of nitriles is 1. The van der Waals surface area contributed by atoms with Gasteiger partial charge in [-0.3, -0.25) is 9.59 Å². The maximum absolute atomic E-state index is 13.8. The molecule has 246 valence electrons. The van der Waals surface area contributed by atoms with Gasteiger partial charge in [0.1, 0.15) is 11.5 Å². The molecule has 3 N–H and O–H groups in total. The summed E-state index contributed by atoms with van der Waals surface area (Å²) in [7, 11) is -4.30. The third kappa shape index (κ3) is 6.73. The maximum atomic E-state index is 13.8. The molecule has 0 unspecified atom stereocenters. The molecule has 2 saturated carbocycles. The summed E-state index contributed by atoms with van der Waals surface area (Å²) in [6, 6.07) is 14.5. The number of halogens is 3. The molecular formula is C32H28F3N3O8S. The fourth-order valence-electron chi connectivity index (χ4n) is 6.34. The van der Waals surface area contributed by atoms with Crippen molar-refractivity contribution in [3.05, 3.63) is 71.8 Å². The fraction of sp³-hybridized carbons (Fsp3) is 0.312. The Labute approximate surface area is 267 Å². The number of carboxylic acids is 1. The standard InChI is InChI=1S/C32H28F3N3O8S/c1-45-26-12-20(15-36)24(17-7-9-22(10-8-17)46-16-27(39)40)14-25(26)30(41)38-29-19-6-5-18(11-19)28(29)31(42)37-21-3-2-4-23(13-21)47(43,44)32(33,34)35/h2-4,7-10,12-14,18-19,28-29H,5-6,11,16H2,1H3,(H,37,42)(H,38,41)(H,39,40)/t18-,19+,28+,29-/m1/s1. The minimum atomic E-state index is -5.63. The number of ether oxygens (including phenoxy) is 2. The third-order valence-corrected chi connectivity index (χ3v) is 9.95. The number of rotatable bonds is 10. The number of methoxy groups -OCH3 is 1. The highest BCUT2D eigenvalue weighted by Gasteiger charge is 2.52. The van der Waals surface area contributed by atoms with Crippen LogP contribution in [0.5, 0.6) is 11.5 Å². The minimum absolute atomic E-state index is 0.0566. The molecule has 2 amide bonds. The van der Waals surface area contributed by atoms with Gasteiger partial charge in [0.05, 0.1) is 35.1 Å². The number of anilines is 1. The van der Waals surface area contributed by atoms with Crippen molar-refractivity contribution in [1.29, 1.82) is 5.26 Å². The normalized spacial score (nSPS) is 20.2. The van der Waals surface area contributed by atoms with Crippen LogP contribution < -0.4 is 20.1 Å². The van der Waals surface area contributed by atoms with Gasteiger partial charge in [-0.1, -0.05) is 18.2 Å². The Morgan fingerprint density at radius 1 is 1.04 bits per heavy atom. The summed E-state index contributed by atoms with van der Waals surface area (Å²) < 4.78 is 73.7. The van der Waals surface area contributed by atoms with Gasteiger partial charge in [0.15, 0.2) is 6.61 Å². The summed E-state index contributed by atoms with van der Waals surface area (Å²) in [5.41, 5.74) is -4.44. The molecule has 11 nitrogen and oxygen atoms in total. The molecule has 2 aliphatic carbocycles. The van der Waals surface area contributed by atoms with Gasteiger partial charge in [-0.25, -0.2) is 13.2 Å². The smallest absolute Gasteiger partial charge is 0.496 e. The van der Waals surface area contributed by atoms with E-state index in [1.54, 1.807) is 12.1 Å². The Kier molecular flexibility index (Phi) is 9.17. The van der Waals surface area contributed by atoms with E-state index in [0.29, 0.717) is 24.0 Å². The largest absolute Gasteiger partial charge is 0.501 e. The Balaban J connectivity index is 1.39. The van der Waals surface area contributed by atoms with Crippen LogP contribution in [0.3, 0.4) is 0 Å². The van der Waals surface area contributed by atoms with E-state index in [1.807, 2.05) is 0 Å². The summed E-state index contributed by atoms with van der Waals surface area (Å²) >= 11 is 0. The molecule has 47 heavy (non-hydrogen) atoms. The number of aliphatic carboxylic acids is 1. The monoisotopic (exact) mass is 671 g/mol. The average molecular weight is 672 g/mol. The van der Waals surface area contributed by atoms with Gasteiger partial charge in [-0.15, -0.1) is 0 Å². The number of carbonyl (C=O) groups excluding carboxylic acids is 2. The van der Waals surface area contributed by atoms with Crippen molar-refractivity contribution in [2.75, 3.05) is 19.0 Å². The lowest BCUT2D eigenvalue weighted by Crippen LogP contribution is -2.48. The van der Waals surface area contributed by atoms with E-state index in [2.05, 4.69) is 16.7 Å². The van der Waals surface area contributed by atoms with Crippen molar-refractivity contribution in [1.82, 2.24) is 5.32 Å². The van der Waals surface area contributed by atoms with Gasteiger partial charge in [0.25, 0.3) is 15.7 Å². The summed E-state index contributed by atoms with van der Waals surface area (Å²) in [6.45, 7) is -0.538. The fourth-order valence-corrected chi connectivity index (χ4v) is 7.15. The van der Waals surface area contributed by atoms with Crippen LogP contribution in [0.4, 0.5) is 18.9 Å². The molecule has 0 radical (unpaired) electrons. The van der Waals surface area contributed by atoms with E-state index in [0.717, 1.165) is 24.6 Å². The zero-order chi connectivity index (χ0) is 34.1. The Morgan fingerprint density at radius 2 is 1.74 bits per heavy atom. The summed E-state index contributed by atoms with van der Waals surface area (Å²) in [5, 5.41) is 24.1. The Bertz CT molecular complexity index is 1870. The number of carbonyl (C=O) groups is 3. The van der Waals surface area contributed by atoms with Crippen molar-refractivity contribution in [3.63, 3.8) is 0 Å². The zero-order valence-electron chi connectivity index (χ0n) is 24.7. The van der Waals surface area contributed by atoms with E-state index in [1.165, 1.54) is 37.4 Å². The molecular weight excluding hydrogens is 643 g/mol. The Morgan fingerprint density at radius 3 is 2.38 bits per heavy atom. The molecule has 0 heterocycles. The molecule has 15 heteroatoms. The molecule has 2 bridgehead atoms. The van der Waals surface area contributed by atoms with Crippen LogP contribution in [0.25, 0.3) is 11.1 Å². The molecule has 3 aromatic carbocycles. The predicted molar refractivity (Wildman–Crippen MR) is 160 cm³/mol. The number of amides is 2. The van der Waals surface area contributed by atoms with Gasteiger partial charge in [-0.2, -0.15) is 18.4 Å². The lowest BCUT2D eigenvalue weighted by Gasteiger charge is -2.31. The summed E-state index contributed by atoms with van der Waals surface area (Å²) in [6.07, 6.45) is 2.08. The van der Waals surface area contributed by atoms with Crippen molar-refractivity contribution < 1.29 is 50.6 Å². The second-order valence-corrected chi connectivity index (χ2v) is 13.2. The van der Waals surface area contributed by atoms with Crippen molar-refractivity contribution in [2.24, 2.45) is 17.8 Å². The van der Waals surface area contributed by atoms with Crippen LogP contribution in [-0.2, 0) is 19.4 Å². The topological polar surface area (TPSA) is 172 Å². The first kappa shape index (κ1) is 33.3. The number of benzene rings is 3. The lowest BCUT2D eigenvalue weighted by molar-refractivity contribution is -0.139. The molecule has 2 aliphatic rings. The summed E-state index contributed by atoms with van der Waals surface area (Å²) in [5.74, 6) is -2.82. The number of hydrogen-bond acceptors (Lipinski definition) is 8. The first-order valence-electron chi connectivity index (χ1n) is 14.3. The molecule has 3 aromatic rings. The number of nitrogens with one attached hydrogen (secondary N) is 2. The second kappa shape index (κ2) is 13.0. The third-order valence-electron chi connectivity index (χ3n) is 8.47. The van der Waals surface area contributed by atoms with Gasteiger partial charge < -0.3 is 25.2 Å². The van der Waals surface area contributed by atoms with E-state index in [4.69, 9.17) is 14.6 Å². The van der Waals surface area contributed by atoms with Crippen molar-refractivity contribution >= 4 is 33.3 Å². The molecule has 0 spiro atoms. The number of sulfone groups is 1. The highest BCUT2D eigenvalue weighted by atomic mass is 32.2. The highest BCUT2D eigenvalue weighted by molar-refractivity contribution is 7.92. The first-order valence-corrected chi connectivity index (χ1v) is 15.8. The van der Waals surface area contributed by atoms with Gasteiger partial charge in [-0.05, 0) is 79.1 Å². The average Bonchev–Trinajstić information content (AvgIpc) is 3.65. The molecule has 4 atom stereocenters. The number of nitrogens with zero attached hydrogens (tertiary/aromatic N) is 1. The van der Waals surface area contributed by atoms with E-state index < -0.39 is 56.6 Å². The predicted octanol–water partition coefficient (Wildman–Crippen LogP) is 4.77. The number of fused-ring (bicyclic) bond motifs is 2. The summed E-state index contributed by atoms with van der Waals surface area (Å²) in [4.78, 5) is 37.1. The Hall–Kier alpha value is -5.10. The molecule has 5 rings (SSSR count). The minimum Gasteiger partial charge on any atom is -0.496 e. The van der Waals surface area contributed by atoms with E-state index in [-0.39, 0.29) is 40.1 Å². The van der Waals surface area contributed by atoms with Crippen molar-refractivity contribution in [3.8, 4) is 28.7 Å². The SMILES string of the molecule is COc1cc(C#N)c(-c2ccc(OCC(=O)O)cc2)cc1C(=O)N[C@@H]1[C@H]2CC[C@H](C2)[C@@H]1C(=O)Nc1cccc(S(=O)(=O)C(F)(F)F)c1. The molecule has 0 aliphatic heterocycles. The lowest BCUT2D eigenvalue weighted by atomic mass is 9.83. The first-order chi connectivity index (χ1) is 22.2. The highest BCUT2D eigenvalue weighted by Crippen LogP contribution is 2.49. The molecule has 0 aromatic heterocycles. The van der Waals surface area contributed by atoms with Crippen LogP contribution in [0.2, 0.25) is 0 Å². The van der Waals surface area contributed by atoms with Crippen LogP contribution in [0.15, 0.2) is 65.6 Å². The van der Waals surface area contributed by atoms with Crippen LogP contribution in [0, 0.1) is 29.1 Å². The van der Waals surface area contributed by atoms with Gasteiger partial charge in [0, 0.05) is 17.3 Å². The molecule has 0 saturated heterocycles. The van der Waals surface area contributed by atoms with Gasteiger partial charge >= 0.3 is 11.5 Å². The van der Waals surface area contributed by atoms with E-state index in [9.17, 15) is 41.2 Å². The molecule has 2 fully saturated rings. The number of hydrogen-bond donors (Lipinski definition) is 3. The van der Waals surface area contributed by atoms with Gasteiger partial charge in [0.2, 0.25) is 5.91 Å². The van der Waals surface area contributed by atoms with Crippen LogP contribution >= 0.6 is 0 Å². The maximum Gasteiger partial charge on any atom is 0.501 e. The number of alkyl halides is 3. The zero-order valence-corrected chi connectivity index (χ0v) is 25.5. The van der Waals surface area contributed by atoms with Crippen LogP contribution in [0.1, 0.15) is 35.2 Å². The van der Waals surface area contributed by atoms with Crippen molar-refractivity contribution in [2.45, 2.75) is 35.7 Å². The second-order valence-electron chi connectivity index (χ2n) is 11.2. The number of carboxylic acid groups (broad SMARTS) is 1.